The van der Waals surface area contributed by atoms with Crippen molar-refractivity contribution in [2.45, 2.75) is 33.4 Å². The highest BCUT2D eigenvalue weighted by atomic mass is 31.2. The largest absolute Gasteiger partial charge is 0.494 e. The molecule has 0 N–H and O–H groups in total. The number of hydrogen-bond donors (Lipinski definition) is 0. The van der Waals surface area contributed by atoms with Crippen molar-refractivity contribution in [1.29, 1.82) is 0 Å². The molecule has 0 aliphatic rings. The maximum atomic E-state index is 12.7. The van der Waals surface area contributed by atoms with Crippen LogP contribution >= 0.6 is 7.60 Å². The molecule has 0 bridgehead atoms. The maximum absolute atomic E-state index is 12.7. The summed E-state index contributed by atoms with van der Waals surface area (Å²) in [6, 6.07) is 5.87. The molecule has 0 aromatic heterocycles. The van der Waals surface area contributed by atoms with Crippen molar-refractivity contribution in [2.75, 3.05) is 19.8 Å². The second-order valence-corrected chi connectivity index (χ2v) is 6.53. The van der Waals surface area contributed by atoms with Crippen molar-refractivity contribution in [2.24, 2.45) is 0 Å². The van der Waals surface area contributed by atoms with Crippen LogP contribution < -0.4 is 4.74 Å². The van der Waals surface area contributed by atoms with E-state index in [1.807, 2.05) is 45.0 Å². The van der Waals surface area contributed by atoms with Gasteiger partial charge in [-0.05, 0) is 38.8 Å². The van der Waals surface area contributed by atoms with Crippen LogP contribution in [0.25, 0.3) is 0 Å². The Hall–Kier alpha value is -1.09. The normalized spacial score (nSPS) is 11.4. The number of allylic oxidation sites excluding steroid dienone is 1. The average molecular weight is 312 g/mol. The SMILES string of the molecule is C=CCc1ccc(OCC)c(CP(=O)(OCC)OCC)c1. The smallest absolute Gasteiger partial charge is 0.335 e. The van der Waals surface area contributed by atoms with Crippen molar-refractivity contribution in [3.05, 3.63) is 42.0 Å². The second kappa shape index (κ2) is 9.04. The van der Waals surface area contributed by atoms with Crippen molar-refractivity contribution in [3.63, 3.8) is 0 Å². The third kappa shape index (κ3) is 5.66. The molecule has 0 fully saturated rings. The van der Waals surface area contributed by atoms with Gasteiger partial charge in [0.2, 0.25) is 0 Å². The van der Waals surface area contributed by atoms with Crippen LogP contribution in [0.1, 0.15) is 31.9 Å². The summed E-state index contributed by atoms with van der Waals surface area (Å²) in [5.74, 6) is 0.727. The first kappa shape index (κ1) is 18.0. The third-order valence-corrected chi connectivity index (χ3v) is 4.85. The predicted octanol–water partition coefficient (Wildman–Crippen LogP) is 4.58. The van der Waals surface area contributed by atoms with Gasteiger partial charge in [0.15, 0.2) is 0 Å². The lowest BCUT2D eigenvalue weighted by molar-refractivity contribution is 0.218. The molecule has 0 spiro atoms. The van der Waals surface area contributed by atoms with Gasteiger partial charge in [0.05, 0.1) is 26.0 Å². The Morgan fingerprint density at radius 1 is 1.14 bits per heavy atom. The molecule has 0 unspecified atom stereocenters. The molecule has 1 rings (SSSR count). The highest BCUT2D eigenvalue weighted by Crippen LogP contribution is 2.52. The second-order valence-electron chi connectivity index (χ2n) is 4.47. The van der Waals surface area contributed by atoms with Crippen molar-refractivity contribution in [3.8, 4) is 5.75 Å². The first-order chi connectivity index (χ1) is 10.1. The molecule has 0 heterocycles. The molecule has 0 amide bonds. The quantitative estimate of drug-likeness (QED) is 0.468. The van der Waals surface area contributed by atoms with Gasteiger partial charge in [-0.15, -0.1) is 6.58 Å². The van der Waals surface area contributed by atoms with E-state index >= 15 is 0 Å². The molecule has 4 nitrogen and oxygen atoms in total. The van der Waals surface area contributed by atoms with Gasteiger partial charge in [-0.3, -0.25) is 4.57 Å². The van der Waals surface area contributed by atoms with Crippen molar-refractivity contribution in [1.82, 2.24) is 0 Å². The summed E-state index contributed by atoms with van der Waals surface area (Å²) in [5.41, 5.74) is 1.95. The minimum absolute atomic E-state index is 0.217. The van der Waals surface area contributed by atoms with Gasteiger partial charge in [-0.2, -0.15) is 0 Å². The molecule has 5 heteroatoms. The summed E-state index contributed by atoms with van der Waals surface area (Å²) in [6.07, 6.45) is 2.81. The van der Waals surface area contributed by atoms with E-state index in [0.717, 1.165) is 23.3 Å². The van der Waals surface area contributed by atoms with Gasteiger partial charge >= 0.3 is 7.60 Å². The molecular formula is C16H25O4P. The Labute approximate surface area is 127 Å². The summed E-state index contributed by atoms with van der Waals surface area (Å²) in [6.45, 7) is 10.5. The van der Waals surface area contributed by atoms with E-state index in [1.54, 1.807) is 0 Å². The first-order valence-corrected chi connectivity index (χ1v) is 9.04. The summed E-state index contributed by atoms with van der Waals surface area (Å²) in [5, 5.41) is 0. The highest BCUT2D eigenvalue weighted by Gasteiger charge is 2.26. The van der Waals surface area contributed by atoms with Crippen LogP contribution in [0.5, 0.6) is 5.75 Å². The van der Waals surface area contributed by atoms with E-state index in [-0.39, 0.29) is 6.16 Å². The lowest BCUT2D eigenvalue weighted by atomic mass is 10.1. The van der Waals surface area contributed by atoms with Gasteiger partial charge in [-0.25, -0.2) is 0 Å². The average Bonchev–Trinajstić information content (AvgIpc) is 2.42. The zero-order chi connectivity index (χ0) is 15.7. The van der Waals surface area contributed by atoms with Gasteiger partial charge in [-0.1, -0.05) is 18.2 Å². The Bertz CT molecular complexity index is 489. The lowest BCUT2D eigenvalue weighted by Gasteiger charge is -2.19. The van der Waals surface area contributed by atoms with Crippen LogP contribution in [-0.2, 0) is 26.2 Å². The molecule has 0 saturated heterocycles. The van der Waals surface area contributed by atoms with E-state index in [1.165, 1.54) is 0 Å². The molecule has 118 valence electrons. The molecule has 0 radical (unpaired) electrons. The Morgan fingerprint density at radius 3 is 2.33 bits per heavy atom. The minimum atomic E-state index is -3.14. The molecule has 0 atom stereocenters. The standard InChI is InChI=1S/C16H25O4P/c1-5-9-14-10-11-16(18-6-2)15(12-14)13-21(17,19-7-3)20-8-4/h5,10-12H,1,6-9,13H2,2-4H3. The van der Waals surface area contributed by atoms with E-state index in [2.05, 4.69) is 6.58 Å². The molecule has 1 aromatic carbocycles. The number of ether oxygens (including phenoxy) is 1. The zero-order valence-corrected chi connectivity index (χ0v) is 14.0. The molecular weight excluding hydrogens is 287 g/mol. The molecule has 0 aliphatic carbocycles. The fourth-order valence-electron chi connectivity index (χ4n) is 2.08. The monoisotopic (exact) mass is 312 g/mol. The highest BCUT2D eigenvalue weighted by molar-refractivity contribution is 7.53. The Balaban J connectivity index is 3.08. The summed E-state index contributed by atoms with van der Waals surface area (Å²) in [7, 11) is -3.14. The lowest BCUT2D eigenvalue weighted by Crippen LogP contribution is -2.03. The summed E-state index contributed by atoms with van der Waals surface area (Å²) >= 11 is 0. The molecule has 1 aromatic rings. The van der Waals surface area contributed by atoms with Crippen LogP contribution in [0.15, 0.2) is 30.9 Å². The number of rotatable bonds is 10. The molecule has 0 aliphatic heterocycles. The van der Waals surface area contributed by atoms with Crippen molar-refractivity contribution < 1.29 is 18.3 Å². The maximum Gasteiger partial charge on any atom is 0.335 e. The summed E-state index contributed by atoms with van der Waals surface area (Å²) < 4.78 is 29.0. The predicted molar refractivity (Wildman–Crippen MR) is 86.1 cm³/mol. The van der Waals surface area contributed by atoms with E-state index in [9.17, 15) is 4.57 Å². The fraction of sp³-hybridized carbons (Fsp3) is 0.500. The van der Waals surface area contributed by atoms with Gasteiger partial charge in [0, 0.05) is 5.56 Å². The van der Waals surface area contributed by atoms with Crippen LogP contribution in [0.3, 0.4) is 0 Å². The third-order valence-electron chi connectivity index (χ3n) is 2.82. The fourth-order valence-corrected chi connectivity index (χ4v) is 3.79. The summed E-state index contributed by atoms with van der Waals surface area (Å²) in [4.78, 5) is 0. The van der Waals surface area contributed by atoms with Gasteiger partial charge in [0.1, 0.15) is 5.75 Å². The first-order valence-electron chi connectivity index (χ1n) is 7.32. The molecule has 0 saturated carbocycles. The Morgan fingerprint density at radius 2 is 1.81 bits per heavy atom. The topological polar surface area (TPSA) is 44.8 Å². The van der Waals surface area contributed by atoms with Crippen molar-refractivity contribution >= 4 is 7.60 Å². The van der Waals surface area contributed by atoms with E-state index in [4.69, 9.17) is 13.8 Å². The number of hydrogen-bond acceptors (Lipinski definition) is 4. The Kier molecular flexibility index (Phi) is 7.73. The van der Waals surface area contributed by atoms with E-state index in [0.29, 0.717) is 19.8 Å². The van der Waals surface area contributed by atoms with E-state index < -0.39 is 7.60 Å². The minimum Gasteiger partial charge on any atom is -0.494 e. The van der Waals surface area contributed by atoms with Gasteiger partial charge < -0.3 is 13.8 Å². The van der Waals surface area contributed by atoms with Crippen LogP contribution in [0.4, 0.5) is 0 Å². The van der Waals surface area contributed by atoms with Gasteiger partial charge in [0.25, 0.3) is 0 Å². The molecule has 21 heavy (non-hydrogen) atoms. The van der Waals surface area contributed by atoms with Crippen LogP contribution in [0.2, 0.25) is 0 Å². The van der Waals surface area contributed by atoms with Crippen LogP contribution in [0, 0.1) is 0 Å². The number of benzene rings is 1. The zero-order valence-electron chi connectivity index (χ0n) is 13.1. The van der Waals surface area contributed by atoms with Crippen LogP contribution in [-0.4, -0.2) is 19.8 Å².